The van der Waals surface area contributed by atoms with E-state index >= 15 is 0 Å². The first kappa shape index (κ1) is 18.2. The van der Waals surface area contributed by atoms with Crippen molar-refractivity contribution >= 4 is 41.3 Å². The number of rotatable bonds is 4. The molecule has 0 unspecified atom stereocenters. The average molecular weight is 323 g/mol. The molecule has 3 N–H and O–H groups in total. The number of carboxylic acids is 1. The van der Waals surface area contributed by atoms with Gasteiger partial charge in [-0.1, -0.05) is 34.4 Å². The predicted octanol–water partition coefficient (Wildman–Crippen LogP) is 1.94. The van der Waals surface area contributed by atoms with Crippen LogP contribution in [0.2, 0.25) is 10.0 Å². The van der Waals surface area contributed by atoms with Crippen LogP contribution in [0.25, 0.3) is 0 Å². The molecule has 1 amide bonds. The van der Waals surface area contributed by atoms with Gasteiger partial charge in [-0.15, -0.1) is 0 Å². The smallest absolute Gasteiger partial charge is 0.300 e. The fourth-order valence-corrected chi connectivity index (χ4v) is 1.35. The van der Waals surface area contributed by atoms with E-state index in [0.29, 0.717) is 15.6 Å². The molecule has 9 heteroatoms. The summed E-state index contributed by atoms with van der Waals surface area (Å²) in [5.41, 5.74) is 1.89. The van der Waals surface area contributed by atoms with Crippen molar-refractivity contribution in [2.45, 2.75) is 6.92 Å². The van der Waals surface area contributed by atoms with Crippen molar-refractivity contribution in [2.24, 2.45) is 5.16 Å². The molecule has 0 saturated heterocycles. The molecule has 7 nitrogen and oxygen atoms in total. The maximum absolute atomic E-state index is 10.5. The minimum atomic E-state index is -0.833. The van der Waals surface area contributed by atoms with Crippen LogP contribution in [0.15, 0.2) is 23.4 Å². The van der Waals surface area contributed by atoms with Gasteiger partial charge in [-0.25, -0.2) is 5.48 Å². The highest BCUT2D eigenvalue weighted by Gasteiger charge is 2.02. The Bertz CT molecular complexity index is 469. The zero-order chi connectivity index (χ0) is 15.5. The highest BCUT2D eigenvalue weighted by Crippen LogP contribution is 2.22. The number of nitrogens with one attached hydrogen (secondary N) is 1. The lowest BCUT2D eigenvalue weighted by Gasteiger charge is -2.00. The van der Waals surface area contributed by atoms with E-state index in [2.05, 4.69) is 9.99 Å². The van der Waals surface area contributed by atoms with Crippen molar-refractivity contribution in [3.05, 3.63) is 33.8 Å². The molecule has 0 aliphatic rings. The zero-order valence-electron chi connectivity index (χ0n) is 10.3. The summed E-state index contributed by atoms with van der Waals surface area (Å²) in [6.07, 6.45) is 1.29. The lowest BCUT2D eigenvalue weighted by atomic mass is 10.2. The molecular formula is C11H12Cl2N2O5. The molecule has 1 aromatic rings. The standard InChI is InChI=1S/C9H8Cl2N2O3.C2H4O2/c10-7-2-1-3-8(11)6(7)4-12-16-5-9(14)13-15;1-2(3)4/h1-4,15H,5H2,(H,13,14);1H3,(H,3,4). The van der Waals surface area contributed by atoms with Crippen LogP contribution in [-0.4, -0.2) is 35.0 Å². The van der Waals surface area contributed by atoms with Crippen LogP contribution in [0.3, 0.4) is 0 Å². The van der Waals surface area contributed by atoms with Crippen LogP contribution < -0.4 is 5.48 Å². The van der Waals surface area contributed by atoms with Gasteiger partial charge in [0.15, 0.2) is 6.61 Å². The maximum atomic E-state index is 10.5. The van der Waals surface area contributed by atoms with Gasteiger partial charge in [0, 0.05) is 12.5 Å². The zero-order valence-corrected chi connectivity index (χ0v) is 11.9. The van der Waals surface area contributed by atoms with Gasteiger partial charge in [-0.3, -0.25) is 14.8 Å². The molecule has 0 heterocycles. The van der Waals surface area contributed by atoms with Gasteiger partial charge in [0.2, 0.25) is 0 Å². The Morgan fingerprint density at radius 1 is 1.40 bits per heavy atom. The molecule has 0 saturated carbocycles. The average Bonchev–Trinajstić information content (AvgIpc) is 2.36. The highest BCUT2D eigenvalue weighted by atomic mass is 35.5. The van der Waals surface area contributed by atoms with Gasteiger partial charge in [-0.05, 0) is 12.1 Å². The molecule has 1 aromatic carbocycles. The Balaban J connectivity index is 0.000000796. The number of carboxylic acid groups (broad SMARTS) is 1. The molecule has 0 spiro atoms. The first-order chi connectivity index (χ1) is 9.38. The van der Waals surface area contributed by atoms with E-state index in [0.717, 1.165) is 6.92 Å². The molecular weight excluding hydrogens is 311 g/mol. The van der Waals surface area contributed by atoms with E-state index in [4.69, 9.17) is 38.3 Å². The number of benzene rings is 1. The minimum Gasteiger partial charge on any atom is -0.481 e. The second-order valence-corrected chi connectivity index (χ2v) is 4.01. The van der Waals surface area contributed by atoms with Crippen molar-refractivity contribution in [2.75, 3.05) is 6.61 Å². The van der Waals surface area contributed by atoms with Crippen LogP contribution in [0.5, 0.6) is 0 Å². The fourth-order valence-electron chi connectivity index (χ4n) is 0.852. The number of carbonyl (C=O) groups excluding carboxylic acids is 1. The molecule has 0 aliphatic carbocycles. The van der Waals surface area contributed by atoms with Gasteiger partial charge in [0.05, 0.1) is 16.3 Å². The Labute approximate surface area is 124 Å². The molecule has 0 bridgehead atoms. The summed E-state index contributed by atoms with van der Waals surface area (Å²) in [7, 11) is 0. The summed E-state index contributed by atoms with van der Waals surface area (Å²) in [5, 5.41) is 19.9. The molecule has 0 fully saturated rings. The Hall–Kier alpha value is -1.83. The quantitative estimate of drug-likeness (QED) is 0.446. The Morgan fingerprint density at radius 3 is 2.35 bits per heavy atom. The number of oxime groups is 1. The molecule has 110 valence electrons. The summed E-state index contributed by atoms with van der Waals surface area (Å²) in [6, 6.07) is 4.99. The highest BCUT2D eigenvalue weighted by molar-refractivity contribution is 6.38. The van der Waals surface area contributed by atoms with Gasteiger partial charge in [0.25, 0.3) is 11.9 Å². The molecule has 0 atom stereocenters. The van der Waals surface area contributed by atoms with Crippen LogP contribution >= 0.6 is 23.2 Å². The van der Waals surface area contributed by atoms with Crippen molar-refractivity contribution in [3.8, 4) is 0 Å². The van der Waals surface area contributed by atoms with Crippen molar-refractivity contribution in [1.29, 1.82) is 0 Å². The number of hydrogen-bond acceptors (Lipinski definition) is 5. The Morgan fingerprint density at radius 2 is 1.90 bits per heavy atom. The van der Waals surface area contributed by atoms with E-state index in [-0.39, 0.29) is 0 Å². The first-order valence-electron chi connectivity index (χ1n) is 5.10. The third-order valence-corrected chi connectivity index (χ3v) is 2.24. The topological polar surface area (TPSA) is 108 Å². The second kappa shape index (κ2) is 10.0. The number of hydrogen-bond donors (Lipinski definition) is 3. The van der Waals surface area contributed by atoms with Crippen LogP contribution in [0.4, 0.5) is 0 Å². The second-order valence-electron chi connectivity index (χ2n) is 3.20. The SMILES string of the molecule is CC(=O)O.O=C(CON=Cc1c(Cl)cccc1Cl)NO. The Kier molecular flexibility index (Phi) is 9.10. The summed E-state index contributed by atoms with van der Waals surface area (Å²) in [6.45, 7) is 0.690. The van der Waals surface area contributed by atoms with Crippen LogP contribution in [-0.2, 0) is 14.4 Å². The number of nitrogens with zero attached hydrogens (tertiary/aromatic N) is 1. The minimum absolute atomic E-state index is 0.394. The van der Waals surface area contributed by atoms with Crippen molar-refractivity contribution < 1.29 is 24.7 Å². The van der Waals surface area contributed by atoms with Gasteiger partial charge < -0.3 is 9.94 Å². The number of amides is 1. The molecule has 20 heavy (non-hydrogen) atoms. The normalized spacial score (nSPS) is 9.60. The van der Waals surface area contributed by atoms with E-state index in [1.165, 1.54) is 11.7 Å². The van der Waals surface area contributed by atoms with E-state index in [1.54, 1.807) is 18.2 Å². The predicted molar refractivity (Wildman–Crippen MR) is 73.2 cm³/mol. The molecule has 0 aromatic heterocycles. The number of halogens is 2. The summed E-state index contributed by atoms with van der Waals surface area (Å²) in [5.74, 6) is -1.54. The third kappa shape index (κ3) is 8.30. The van der Waals surface area contributed by atoms with E-state index in [1.807, 2.05) is 0 Å². The molecule has 0 aliphatic heterocycles. The summed E-state index contributed by atoms with van der Waals surface area (Å²) >= 11 is 11.7. The van der Waals surface area contributed by atoms with Gasteiger partial charge in [-0.2, -0.15) is 0 Å². The fraction of sp³-hybridized carbons (Fsp3) is 0.182. The number of aliphatic carboxylic acids is 1. The maximum Gasteiger partial charge on any atom is 0.300 e. The third-order valence-electron chi connectivity index (χ3n) is 1.58. The van der Waals surface area contributed by atoms with Gasteiger partial charge >= 0.3 is 0 Å². The monoisotopic (exact) mass is 322 g/mol. The van der Waals surface area contributed by atoms with Crippen molar-refractivity contribution in [1.82, 2.24) is 5.48 Å². The van der Waals surface area contributed by atoms with Crippen molar-refractivity contribution in [3.63, 3.8) is 0 Å². The lowest BCUT2D eigenvalue weighted by Crippen LogP contribution is -2.22. The lowest BCUT2D eigenvalue weighted by molar-refractivity contribution is -0.135. The molecule has 0 radical (unpaired) electrons. The van der Waals surface area contributed by atoms with Crippen LogP contribution in [0.1, 0.15) is 12.5 Å². The van der Waals surface area contributed by atoms with Gasteiger partial charge in [0.1, 0.15) is 0 Å². The first-order valence-corrected chi connectivity index (χ1v) is 5.86. The summed E-state index contributed by atoms with van der Waals surface area (Å²) < 4.78 is 0. The van der Waals surface area contributed by atoms with Crippen LogP contribution in [0, 0.1) is 0 Å². The van der Waals surface area contributed by atoms with E-state index < -0.39 is 18.5 Å². The van der Waals surface area contributed by atoms with E-state index in [9.17, 15) is 4.79 Å². The number of carbonyl (C=O) groups is 2. The largest absolute Gasteiger partial charge is 0.481 e. The number of hydroxylamine groups is 1. The molecule has 1 rings (SSSR count). The summed E-state index contributed by atoms with van der Waals surface area (Å²) in [4.78, 5) is 24.1.